The maximum Gasteiger partial charge on any atom is 0.347 e. The van der Waals surface area contributed by atoms with Crippen LogP contribution >= 0.6 is 0 Å². The van der Waals surface area contributed by atoms with E-state index >= 15 is 0 Å². The Balaban J connectivity index is 2.58. The quantitative estimate of drug-likeness (QED) is 0.837. The average Bonchev–Trinajstić information content (AvgIpc) is 2.47. The van der Waals surface area contributed by atoms with Crippen LogP contribution in [0.25, 0.3) is 0 Å². The zero-order valence-corrected chi connectivity index (χ0v) is 11.1. The Kier molecular flexibility index (Phi) is 4.05. The molecule has 20 heavy (non-hydrogen) atoms. The van der Waals surface area contributed by atoms with Gasteiger partial charge in [-0.15, -0.1) is 0 Å². The lowest BCUT2D eigenvalue weighted by Gasteiger charge is -2.26. The molecule has 2 N–H and O–H groups in total. The molecular formula is C16H16O4. The van der Waals surface area contributed by atoms with Gasteiger partial charge in [0.15, 0.2) is 0 Å². The highest BCUT2D eigenvalue weighted by Crippen LogP contribution is 2.32. The van der Waals surface area contributed by atoms with Crippen molar-refractivity contribution < 1.29 is 19.7 Å². The van der Waals surface area contributed by atoms with Gasteiger partial charge < -0.3 is 14.9 Å². The van der Waals surface area contributed by atoms with Gasteiger partial charge in [0.2, 0.25) is 5.60 Å². The summed E-state index contributed by atoms with van der Waals surface area (Å²) in [6.07, 6.45) is 0. The number of phenolic OH excluding ortho intramolecular Hbond substituents is 1. The van der Waals surface area contributed by atoms with Crippen molar-refractivity contribution in [2.75, 3.05) is 6.61 Å². The van der Waals surface area contributed by atoms with Crippen LogP contribution in [-0.4, -0.2) is 22.8 Å². The van der Waals surface area contributed by atoms with Gasteiger partial charge in [0.1, 0.15) is 5.75 Å². The van der Waals surface area contributed by atoms with Gasteiger partial charge in [0, 0.05) is 5.56 Å². The Morgan fingerprint density at radius 1 is 1.10 bits per heavy atom. The van der Waals surface area contributed by atoms with Gasteiger partial charge in [-0.25, -0.2) is 4.79 Å². The van der Waals surface area contributed by atoms with Crippen LogP contribution in [0.4, 0.5) is 0 Å². The van der Waals surface area contributed by atoms with Crippen LogP contribution in [0.1, 0.15) is 18.1 Å². The SMILES string of the molecule is CCOC(=O)C(O)(c1ccccc1)c1cccc(O)c1. The van der Waals surface area contributed by atoms with E-state index in [1.54, 1.807) is 49.4 Å². The molecule has 104 valence electrons. The summed E-state index contributed by atoms with van der Waals surface area (Å²) < 4.78 is 4.99. The molecule has 2 aromatic rings. The Morgan fingerprint density at radius 3 is 2.35 bits per heavy atom. The normalized spacial score (nSPS) is 13.5. The van der Waals surface area contributed by atoms with E-state index in [1.165, 1.54) is 12.1 Å². The second kappa shape index (κ2) is 5.75. The van der Waals surface area contributed by atoms with Crippen molar-refractivity contribution in [2.24, 2.45) is 0 Å². The minimum atomic E-state index is -1.93. The van der Waals surface area contributed by atoms with Crippen LogP contribution in [0.3, 0.4) is 0 Å². The molecule has 2 rings (SSSR count). The van der Waals surface area contributed by atoms with E-state index in [1.807, 2.05) is 0 Å². The van der Waals surface area contributed by atoms with Crippen molar-refractivity contribution >= 4 is 5.97 Å². The number of rotatable bonds is 4. The third kappa shape index (κ3) is 2.51. The molecule has 4 nitrogen and oxygen atoms in total. The Hall–Kier alpha value is -2.33. The Morgan fingerprint density at radius 2 is 1.75 bits per heavy atom. The molecule has 0 radical (unpaired) electrons. The van der Waals surface area contributed by atoms with Crippen LogP contribution in [0.15, 0.2) is 54.6 Å². The summed E-state index contributed by atoms with van der Waals surface area (Å²) in [6, 6.07) is 14.5. The molecule has 0 heterocycles. The third-order valence-electron chi connectivity index (χ3n) is 3.03. The van der Waals surface area contributed by atoms with E-state index < -0.39 is 11.6 Å². The number of benzene rings is 2. The highest BCUT2D eigenvalue weighted by Gasteiger charge is 2.41. The molecular weight excluding hydrogens is 256 g/mol. The van der Waals surface area contributed by atoms with Gasteiger partial charge >= 0.3 is 5.97 Å². The number of aromatic hydroxyl groups is 1. The van der Waals surface area contributed by atoms with Crippen molar-refractivity contribution in [3.63, 3.8) is 0 Å². The molecule has 0 amide bonds. The first-order valence-electron chi connectivity index (χ1n) is 6.33. The fraction of sp³-hybridized carbons (Fsp3) is 0.188. The molecule has 4 heteroatoms. The number of phenols is 1. The van der Waals surface area contributed by atoms with Crippen LogP contribution in [-0.2, 0) is 15.1 Å². The maximum atomic E-state index is 12.2. The van der Waals surface area contributed by atoms with Crippen molar-refractivity contribution in [1.29, 1.82) is 0 Å². The number of ether oxygens (including phenoxy) is 1. The van der Waals surface area contributed by atoms with Crippen molar-refractivity contribution in [1.82, 2.24) is 0 Å². The molecule has 0 aromatic heterocycles. The molecule has 1 atom stereocenters. The minimum absolute atomic E-state index is 0.0267. The van der Waals surface area contributed by atoms with Gasteiger partial charge in [-0.1, -0.05) is 42.5 Å². The molecule has 0 aliphatic carbocycles. The maximum absolute atomic E-state index is 12.2. The summed E-state index contributed by atoms with van der Waals surface area (Å²) in [5.41, 5.74) is -1.28. The first-order chi connectivity index (χ1) is 9.59. The Bertz CT molecular complexity index is 594. The highest BCUT2D eigenvalue weighted by molar-refractivity contribution is 5.85. The molecule has 0 saturated heterocycles. The van der Waals surface area contributed by atoms with E-state index in [9.17, 15) is 15.0 Å². The predicted octanol–water partition coefficient (Wildman–Crippen LogP) is 2.19. The van der Waals surface area contributed by atoms with Crippen molar-refractivity contribution in [3.8, 4) is 5.75 Å². The number of hydrogen-bond acceptors (Lipinski definition) is 4. The summed E-state index contributed by atoms with van der Waals surface area (Å²) in [6.45, 7) is 1.83. The van der Waals surface area contributed by atoms with Crippen LogP contribution < -0.4 is 0 Å². The Labute approximate surface area is 117 Å². The molecule has 0 saturated carbocycles. The number of carbonyl (C=O) groups is 1. The van der Waals surface area contributed by atoms with Gasteiger partial charge in [-0.2, -0.15) is 0 Å². The minimum Gasteiger partial charge on any atom is -0.508 e. The van der Waals surface area contributed by atoms with E-state index in [0.717, 1.165) is 0 Å². The fourth-order valence-electron chi connectivity index (χ4n) is 2.05. The first-order valence-corrected chi connectivity index (χ1v) is 6.33. The van der Waals surface area contributed by atoms with E-state index in [0.29, 0.717) is 5.56 Å². The van der Waals surface area contributed by atoms with E-state index in [4.69, 9.17) is 4.74 Å². The summed E-state index contributed by atoms with van der Waals surface area (Å²) in [7, 11) is 0. The van der Waals surface area contributed by atoms with Crippen LogP contribution in [0.5, 0.6) is 5.75 Å². The zero-order valence-electron chi connectivity index (χ0n) is 11.1. The first kappa shape index (κ1) is 14.1. The van der Waals surface area contributed by atoms with E-state index in [-0.39, 0.29) is 17.9 Å². The predicted molar refractivity (Wildman–Crippen MR) is 74.2 cm³/mol. The monoisotopic (exact) mass is 272 g/mol. The van der Waals surface area contributed by atoms with Crippen molar-refractivity contribution in [2.45, 2.75) is 12.5 Å². The number of esters is 1. The van der Waals surface area contributed by atoms with Crippen LogP contribution in [0.2, 0.25) is 0 Å². The molecule has 0 aliphatic heterocycles. The van der Waals surface area contributed by atoms with Gasteiger partial charge in [-0.05, 0) is 24.6 Å². The number of aliphatic hydroxyl groups is 1. The van der Waals surface area contributed by atoms with Crippen LogP contribution in [0, 0.1) is 0 Å². The molecule has 1 unspecified atom stereocenters. The van der Waals surface area contributed by atoms with Gasteiger partial charge in [0.25, 0.3) is 0 Å². The number of hydrogen-bond donors (Lipinski definition) is 2. The smallest absolute Gasteiger partial charge is 0.347 e. The second-order valence-electron chi connectivity index (χ2n) is 4.35. The van der Waals surface area contributed by atoms with Crippen molar-refractivity contribution in [3.05, 3.63) is 65.7 Å². The lowest BCUT2D eigenvalue weighted by Crippen LogP contribution is -2.38. The fourth-order valence-corrected chi connectivity index (χ4v) is 2.05. The standard InChI is InChI=1S/C16H16O4/c1-2-20-15(18)16(19,12-7-4-3-5-8-12)13-9-6-10-14(17)11-13/h3-11,17,19H,2H2,1H3. The molecule has 0 spiro atoms. The van der Waals surface area contributed by atoms with E-state index in [2.05, 4.69) is 0 Å². The highest BCUT2D eigenvalue weighted by atomic mass is 16.5. The lowest BCUT2D eigenvalue weighted by molar-refractivity contribution is -0.161. The summed E-state index contributed by atoms with van der Waals surface area (Å²) >= 11 is 0. The van der Waals surface area contributed by atoms with Gasteiger partial charge in [0.05, 0.1) is 6.61 Å². The molecule has 2 aromatic carbocycles. The molecule has 0 aliphatic rings. The second-order valence-corrected chi connectivity index (χ2v) is 4.35. The van der Waals surface area contributed by atoms with Gasteiger partial charge in [-0.3, -0.25) is 0 Å². The topological polar surface area (TPSA) is 66.8 Å². The average molecular weight is 272 g/mol. The largest absolute Gasteiger partial charge is 0.508 e. The third-order valence-corrected chi connectivity index (χ3v) is 3.03. The zero-order chi connectivity index (χ0) is 14.6. The number of carbonyl (C=O) groups excluding carboxylic acids is 1. The molecule has 0 fully saturated rings. The molecule has 0 bridgehead atoms. The summed E-state index contributed by atoms with van der Waals surface area (Å²) in [4.78, 5) is 12.2. The summed E-state index contributed by atoms with van der Waals surface area (Å²) in [5.74, 6) is -0.794. The summed E-state index contributed by atoms with van der Waals surface area (Å²) in [5, 5.41) is 20.5. The lowest BCUT2D eigenvalue weighted by atomic mass is 9.86.